The van der Waals surface area contributed by atoms with E-state index in [1.165, 1.54) is 12.1 Å². The van der Waals surface area contributed by atoms with Gasteiger partial charge in [0, 0.05) is 17.8 Å². The topological polar surface area (TPSA) is 74.8 Å². The SMILES string of the molecule is Cc1ccc(S(=O)(=O)CN(C(=O)c2ccccc2)C(=O)C2CCCCN2c2ccccc2)cc1. The largest absolute Gasteiger partial charge is 0.360 e. The number of para-hydroxylation sites is 1. The number of amides is 2. The molecule has 1 aliphatic rings. The van der Waals surface area contributed by atoms with Crippen molar-refractivity contribution in [2.24, 2.45) is 0 Å². The van der Waals surface area contributed by atoms with Gasteiger partial charge in [-0.05, 0) is 62.6 Å². The molecule has 6 nitrogen and oxygen atoms in total. The lowest BCUT2D eigenvalue weighted by atomic mass is 9.99. The number of hydrogen-bond acceptors (Lipinski definition) is 5. The molecule has 34 heavy (non-hydrogen) atoms. The first-order valence-corrected chi connectivity index (χ1v) is 13.0. The van der Waals surface area contributed by atoms with Crippen LogP contribution in [0.25, 0.3) is 0 Å². The van der Waals surface area contributed by atoms with Crippen LogP contribution in [0.3, 0.4) is 0 Å². The molecule has 0 radical (unpaired) electrons. The summed E-state index contributed by atoms with van der Waals surface area (Å²) in [6, 6.07) is 23.7. The molecule has 176 valence electrons. The molecule has 4 rings (SSSR count). The molecule has 1 saturated heterocycles. The van der Waals surface area contributed by atoms with Gasteiger partial charge in [-0.3, -0.25) is 14.5 Å². The standard InChI is InChI=1S/C27H28N2O4S/c1-21-15-17-24(18-16-21)34(32,33)20-29(26(30)22-10-4-2-5-11-22)27(31)25-14-8-9-19-28(25)23-12-6-3-7-13-23/h2-7,10-13,15-18,25H,8-9,14,19-20H2,1H3. The average Bonchev–Trinajstić information content (AvgIpc) is 2.88. The van der Waals surface area contributed by atoms with Gasteiger partial charge in [-0.15, -0.1) is 0 Å². The third-order valence-electron chi connectivity index (χ3n) is 6.09. The molecule has 1 atom stereocenters. The van der Waals surface area contributed by atoms with Crippen molar-refractivity contribution in [3.05, 3.63) is 96.1 Å². The van der Waals surface area contributed by atoms with Crippen LogP contribution in [-0.4, -0.2) is 43.6 Å². The van der Waals surface area contributed by atoms with Crippen LogP contribution in [0.1, 0.15) is 35.2 Å². The first-order chi connectivity index (χ1) is 16.4. The Morgan fingerprint density at radius 1 is 0.882 bits per heavy atom. The van der Waals surface area contributed by atoms with Gasteiger partial charge in [0.25, 0.3) is 11.8 Å². The second-order valence-electron chi connectivity index (χ2n) is 8.53. The number of piperidine rings is 1. The molecule has 1 heterocycles. The van der Waals surface area contributed by atoms with Crippen molar-refractivity contribution in [1.82, 2.24) is 4.90 Å². The Morgan fingerprint density at radius 2 is 1.50 bits per heavy atom. The van der Waals surface area contributed by atoms with E-state index in [9.17, 15) is 18.0 Å². The second-order valence-corrected chi connectivity index (χ2v) is 10.5. The third kappa shape index (κ3) is 5.20. The normalized spacial score (nSPS) is 16.1. The summed E-state index contributed by atoms with van der Waals surface area (Å²) in [6.45, 7) is 2.53. The highest BCUT2D eigenvalue weighted by molar-refractivity contribution is 7.91. The molecule has 0 aromatic heterocycles. The zero-order valence-electron chi connectivity index (χ0n) is 19.1. The zero-order chi connectivity index (χ0) is 24.1. The summed E-state index contributed by atoms with van der Waals surface area (Å²) < 4.78 is 26.5. The van der Waals surface area contributed by atoms with E-state index >= 15 is 0 Å². The van der Waals surface area contributed by atoms with Crippen molar-refractivity contribution < 1.29 is 18.0 Å². The number of carbonyl (C=O) groups is 2. The van der Waals surface area contributed by atoms with E-state index < -0.39 is 33.6 Å². The Kier molecular flexibility index (Phi) is 7.12. The molecule has 0 N–H and O–H groups in total. The zero-order valence-corrected chi connectivity index (χ0v) is 19.9. The molecule has 1 fully saturated rings. The molecule has 1 unspecified atom stereocenters. The predicted octanol–water partition coefficient (Wildman–Crippen LogP) is 4.45. The van der Waals surface area contributed by atoms with Gasteiger partial charge in [-0.1, -0.05) is 54.1 Å². The number of benzene rings is 3. The minimum Gasteiger partial charge on any atom is -0.360 e. The average molecular weight is 477 g/mol. The molecule has 0 aliphatic carbocycles. The minimum atomic E-state index is -3.93. The summed E-state index contributed by atoms with van der Waals surface area (Å²) in [5, 5.41) is 0. The highest BCUT2D eigenvalue weighted by atomic mass is 32.2. The minimum absolute atomic E-state index is 0.0836. The summed E-state index contributed by atoms with van der Waals surface area (Å²) in [4.78, 5) is 30.3. The number of aryl methyl sites for hydroxylation is 1. The fourth-order valence-electron chi connectivity index (χ4n) is 4.25. The molecule has 0 bridgehead atoms. The van der Waals surface area contributed by atoms with Crippen molar-refractivity contribution in [3.63, 3.8) is 0 Å². The van der Waals surface area contributed by atoms with Gasteiger partial charge in [-0.25, -0.2) is 8.42 Å². The van der Waals surface area contributed by atoms with Crippen LogP contribution >= 0.6 is 0 Å². The Hall–Kier alpha value is -3.45. The number of imide groups is 1. The molecular formula is C27H28N2O4S. The number of carbonyl (C=O) groups excluding carboxylic acids is 2. The number of sulfone groups is 1. The van der Waals surface area contributed by atoms with Gasteiger partial charge in [0.15, 0.2) is 9.84 Å². The van der Waals surface area contributed by atoms with E-state index in [1.807, 2.05) is 42.2 Å². The van der Waals surface area contributed by atoms with Crippen LogP contribution in [0.2, 0.25) is 0 Å². The van der Waals surface area contributed by atoms with Crippen LogP contribution < -0.4 is 4.90 Å². The maximum Gasteiger partial charge on any atom is 0.261 e. The van der Waals surface area contributed by atoms with Crippen molar-refractivity contribution in [2.45, 2.75) is 37.1 Å². The van der Waals surface area contributed by atoms with E-state index in [-0.39, 0.29) is 10.5 Å². The first-order valence-electron chi connectivity index (χ1n) is 11.4. The molecule has 7 heteroatoms. The fourth-order valence-corrected chi connectivity index (χ4v) is 5.53. The predicted molar refractivity (Wildman–Crippen MR) is 132 cm³/mol. The molecule has 0 saturated carbocycles. The molecular weight excluding hydrogens is 448 g/mol. The van der Waals surface area contributed by atoms with E-state index in [0.29, 0.717) is 13.0 Å². The van der Waals surface area contributed by atoms with Crippen LogP contribution in [0.5, 0.6) is 0 Å². The maximum absolute atomic E-state index is 13.9. The van der Waals surface area contributed by atoms with Crippen LogP contribution in [0, 0.1) is 6.92 Å². The van der Waals surface area contributed by atoms with E-state index in [0.717, 1.165) is 29.0 Å². The Labute approximate surface area is 200 Å². The van der Waals surface area contributed by atoms with Gasteiger partial charge in [0.05, 0.1) is 4.90 Å². The molecule has 3 aromatic carbocycles. The van der Waals surface area contributed by atoms with E-state index in [1.54, 1.807) is 42.5 Å². The maximum atomic E-state index is 13.9. The lowest BCUT2D eigenvalue weighted by molar-refractivity contribution is -0.129. The lowest BCUT2D eigenvalue weighted by Gasteiger charge is -2.38. The highest BCUT2D eigenvalue weighted by Crippen LogP contribution is 2.27. The monoisotopic (exact) mass is 476 g/mol. The molecule has 3 aromatic rings. The fraction of sp³-hybridized carbons (Fsp3) is 0.259. The smallest absolute Gasteiger partial charge is 0.261 e. The third-order valence-corrected chi connectivity index (χ3v) is 7.68. The van der Waals surface area contributed by atoms with Gasteiger partial charge >= 0.3 is 0 Å². The Bertz CT molecular complexity index is 1240. The quantitative estimate of drug-likeness (QED) is 0.491. The summed E-state index contributed by atoms with van der Waals surface area (Å²) in [6.07, 6.45) is 2.31. The summed E-state index contributed by atoms with van der Waals surface area (Å²) >= 11 is 0. The van der Waals surface area contributed by atoms with E-state index in [4.69, 9.17) is 0 Å². The van der Waals surface area contributed by atoms with Gasteiger partial charge in [0.1, 0.15) is 11.9 Å². The molecule has 2 amide bonds. The van der Waals surface area contributed by atoms with Gasteiger partial charge in [-0.2, -0.15) is 0 Å². The van der Waals surface area contributed by atoms with E-state index in [2.05, 4.69) is 0 Å². The van der Waals surface area contributed by atoms with Crippen molar-refractivity contribution in [3.8, 4) is 0 Å². The summed E-state index contributed by atoms with van der Waals surface area (Å²) in [7, 11) is -3.93. The summed E-state index contributed by atoms with van der Waals surface area (Å²) in [5.74, 6) is -1.81. The van der Waals surface area contributed by atoms with Crippen molar-refractivity contribution in [2.75, 3.05) is 17.3 Å². The van der Waals surface area contributed by atoms with Gasteiger partial charge in [0.2, 0.25) is 0 Å². The van der Waals surface area contributed by atoms with Crippen LogP contribution in [0.15, 0.2) is 89.8 Å². The summed E-state index contributed by atoms with van der Waals surface area (Å²) in [5.41, 5.74) is 2.08. The molecule has 0 spiro atoms. The lowest BCUT2D eigenvalue weighted by Crippen LogP contribution is -2.53. The van der Waals surface area contributed by atoms with Gasteiger partial charge < -0.3 is 4.90 Å². The number of anilines is 1. The van der Waals surface area contributed by atoms with Crippen LogP contribution in [0.4, 0.5) is 5.69 Å². The first kappa shape index (κ1) is 23.7. The number of nitrogens with zero attached hydrogens (tertiary/aromatic N) is 2. The molecule has 1 aliphatic heterocycles. The highest BCUT2D eigenvalue weighted by Gasteiger charge is 2.37. The second kappa shape index (κ2) is 10.2. The van der Waals surface area contributed by atoms with Crippen LogP contribution in [-0.2, 0) is 14.6 Å². The Balaban J connectivity index is 1.70. The number of rotatable bonds is 6. The number of hydrogen-bond donors (Lipinski definition) is 0. The van der Waals surface area contributed by atoms with Crippen molar-refractivity contribution in [1.29, 1.82) is 0 Å². The van der Waals surface area contributed by atoms with Crippen molar-refractivity contribution >= 4 is 27.3 Å². The Morgan fingerprint density at radius 3 is 2.15 bits per heavy atom.